The van der Waals surface area contributed by atoms with Crippen LogP contribution >= 0.6 is 0 Å². The second-order valence-corrected chi connectivity index (χ2v) is 6.27. The quantitative estimate of drug-likeness (QED) is 0.791. The van der Waals surface area contributed by atoms with Crippen molar-refractivity contribution in [1.82, 2.24) is 15.5 Å². The predicted octanol–water partition coefficient (Wildman–Crippen LogP) is 3.50. The van der Waals surface area contributed by atoms with E-state index >= 15 is 0 Å². The third-order valence-corrected chi connectivity index (χ3v) is 4.74. The summed E-state index contributed by atoms with van der Waals surface area (Å²) in [5, 5.41) is 7.50. The summed E-state index contributed by atoms with van der Waals surface area (Å²) in [6, 6.07) is 18.5. The Labute approximate surface area is 147 Å². The molecule has 1 aliphatic rings. The van der Waals surface area contributed by atoms with E-state index in [9.17, 15) is 0 Å². The molecule has 128 valence electrons. The standard InChI is InChI=1S/C20H21N3O2/c1-24-18-13-21-12-11-17(18)20-22-19(23-25-20)16-9-7-15(8-10-16)14-5-3-2-4-6-14/h2-10,17-18,21H,11-13H2,1H3. The maximum Gasteiger partial charge on any atom is 0.232 e. The van der Waals surface area contributed by atoms with E-state index in [0.717, 1.165) is 25.1 Å². The lowest BCUT2D eigenvalue weighted by molar-refractivity contribution is 0.0520. The summed E-state index contributed by atoms with van der Waals surface area (Å²) in [6.07, 6.45) is 1.01. The molecule has 3 aromatic rings. The lowest BCUT2D eigenvalue weighted by Gasteiger charge is -2.28. The fourth-order valence-corrected chi connectivity index (χ4v) is 3.31. The molecule has 2 atom stereocenters. The van der Waals surface area contributed by atoms with Gasteiger partial charge in [-0.15, -0.1) is 0 Å². The highest BCUT2D eigenvalue weighted by Gasteiger charge is 2.31. The third-order valence-electron chi connectivity index (χ3n) is 4.74. The van der Waals surface area contributed by atoms with Gasteiger partial charge in [0.25, 0.3) is 0 Å². The highest BCUT2D eigenvalue weighted by Crippen LogP contribution is 2.29. The minimum atomic E-state index is 0.0718. The van der Waals surface area contributed by atoms with E-state index in [-0.39, 0.29) is 12.0 Å². The fourth-order valence-electron chi connectivity index (χ4n) is 3.31. The van der Waals surface area contributed by atoms with Crippen molar-refractivity contribution < 1.29 is 9.26 Å². The van der Waals surface area contributed by atoms with Crippen LogP contribution in [0.1, 0.15) is 18.2 Å². The zero-order chi connectivity index (χ0) is 17.1. The molecule has 0 spiro atoms. The molecule has 2 unspecified atom stereocenters. The third kappa shape index (κ3) is 3.34. The van der Waals surface area contributed by atoms with Crippen molar-refractivity contribution in [2.75, 3.05) is 20.2 Å². The summed E-state index contributed by atoms with van der Waals surface area (Å²) in [7, 11) is 1.73. The van der Waals surface area contributed by atoms with Gasteiger partial charge < -0.3 is 14.6 Å². The largest absolute Gasteiger partial charge is 0.379 e. The van der Waals surface area contributed by atoms with Gasteiger partial charge in [0, 0.05) is 19.2 Å². The van der Waals surface area contributed by atoms with E-state index in [0.29, 0.717) is 11.7 Å². The number of nitrogens with one attached hydrogen (secondary N) is 1. The average molecular weight is 335 g/mol. The number of aromatic nitrogens is 2. The summed E-state index contributed by atoms with van der Waals surface area (Å²) in [6.45, 7) is 1.75. The smallest absolute Gasteiger partial charge is 0.232 e. The lowest BCUT2D eigenvalue weighted by Crippen LogP contribution is -2.40. The topological polar surface area (TPSA) is 60.2 Å². The van der Waals surface area contributed by atoms with Crippen LogP contribution in [0.25, 0.3) is 22.5 Å². The predicted molar refractivity (Wildman–Crippen MR) is 96.2 cm³/mol. The Kier molecular flexibility index (Phi) is 4.59. The van der Waals surface area contributed by atoms with Crippen LogP contribution in [-0.2, 0) is 4.74 Å². The molecule has 0 aliphatic carbocycles. The number of piperidine rings is 1. The molecule has 0 radical (unpaired) electrons. The van der Waals surface area contributed by atoms with Gasteiger partial charge in [-0.3, -0.25) is 0 Å². The van der Waals surface area contributed by atoms with Crippen LogP contribution in [0.3, 0.4) is 0 Å². The van der Waals surface area contributed by atoms with E-state index in [2.05, 4.69) is 39.7 Å². The SMILES string of the molecule is COC1CNCCC1c1nc(-c2ccc(-c3ccccc3)cc2)no1. The summed E-state index contributed by atoms with van der Waals surface area (Å²) in [5.74, 6) is 1.44. The van der Waals surface area contributed by atoms with Crippen LogP contribution in [0, 0.1) is 0 Å². The first-order valence-corrected chi connectivity index (χ1v) is 8.58. The Bertz CT molecular complexity index is 814. The van der Waals surface area contributed by atoms with Gasteiger partial charge in [0.1, 0.15) is 0 Å². The minimum Gasteiger partial charge on any atom is -0.379 e. The number of rotatable bonds is 4. The van der Waals surface area contributed by atoms with E-state index in [1.807, 2.05) is 30.3 Å². The van der Waals surface area contributed by atoms with Crippen molar-refractivity contribution in [2.24, 2.45) is 0 Å². The Hall–Kier alpha value is -2.50. The van der Waals surface area contributed by atoms with Crippen molar-refractivity contribution in [3.05, 3.63) is 60.5 Å². The monoisotopic (exact) mass is 335 g/mol. The van der Waals surface area contributed by atoms with Crippen LogP contribution in [-0.4, -0.2) is 36.4 Å². The molecule has 0 bridgehead atoms. The van der Waals surface area contributed by atoms with E-state index in [1.54, 1.807) is 7.11 Å². The molecule has 0 amide bonds. The minimum absolute atomic E-state index is 0.0718. The molecule has 2 heterocycles. The molecule has 1 fully saturated rings. The van der Waals surface area contributed by atoms with Crippen LogP contribution in [0.15, 0.2) is 59.1 Å². The Morgan fingerprint density at radius 2 is 1.72 bits per heavy atom. The first kappa shape index (κ1) is 16.0. The van der Waals surface area contributed by atoms with Crippen molar-refractivity contribution >= 4 is 0 Å². The number of ether oxygens (including phenoxy) is 1. The summed E-state index contributed by atoms with van der Waals surface area (Å²) >= 11 is 0. The maximum atomic E-state index is 5.55. The fraction of sp³-hybridized carbons (Fsp3) is 0.300. The number of nitrogens with zero attached hydrogens (tertiary/aromatic N) is 2. The molecule has 1 N–H and O–H groups in total. The molecule has 5 heteroatoms. The zero-order valence-corrected chi connectivity index (χ0v) is 14.2. The van der Waals surface area contributed by atoms with Gasteiger partial charge in [-0.05, 0) is 24.1 Å². The first-order chi connectivity index (χ1) is 12.3. The molecule has 25 heavy (non-hydrogen) atoms. The Morgan fingerprint density at radius 1 is 1.00 bits per heavy atom. The van der Waals surface area contributed by atoms with Gasteiger partial charge in [-0.25, -0.2) is 0 Å². The second-order valence-electron chi connectivity index (χ2n) is 6.27. The molecule has 4 rings (SSSR count). The molecular formula is C20H21N3O2. The van der Waals surface area contributed by atoms with Gasteiger partial charge in [-0.1, -0.05) is 59.8 Å². The Balaban J connectivity index is 1.56. The average Bonchev–Trinajstić information content (AvgIpc) is 3.19. The molecule has 2 aromatic carbocycles. The normalized spacial score (nSPS) is 20.5. The highest BCUT2D eigenvalue weighted by atomic mass is 16.5. The molecule has 0 saturated carbocycles. The van der Waals surface area contributed by atoms with Crippen molar-refractivity contribution in [3.63, 3.8) is 0 Å². The van der Waals surface area contributed by atoms with Gasteiger partial charge >= 0.3 is 0 Å². The van der Waals surface area contributed by atoms with Crippen LogP contribution in [0.4, 0.5) is 0 Å². The summed E-state index contributed by atoms with van der Waals surface area (Å²) < 4.78 is 11.1. The summed E-state index contributed by atoms with van der Waals surface area (Å²) in [4.78, 5) is 4.62. The van der Waals surface area contributed by atoms with Gasteiger partial charge in [0.05, 0.1) is 12.0 Å². The second kappa shape index (κ2) is 7.17. The number of hydrogen-bond donors (Lipinski definition) is 1. The van der Waals surface area contributed by atoms with Gasteiger partial charge in [0.15, 0.2) is 0 Å². The molecule has 1 saturated heterocycles. The first-order valence-electron chi connectivity index (χ1n) is 8.58. The van der Waals surface area contributed by atoms with Crippen molar-refractivity contribution in [1.29, 1.82) is 0 Å². The van der Waals surface area contributed by atoms with Crippen LogP contribution in [0.5, 0.6) is 0 Å². The van der Waals surface area contributed by atoms with Crippen molar-refractivity contribution in [3.8, 4) is 22.5 Å². The van der Waals surface area contributed by atoms with Crippen LogP contribution in [0.2, 0.25) is 0 Å². The van der Waals surface area contributed by atoms with E-state index < -0.39 is 0 Å². The summed E-state index contributed by atoms with van der Waals surface area (Å²) in [5.41, 5.74) is 3.32. The van der Waals surface area contributed by atoms with Crippen molar-refractivity contribution in [2.45, 2.75) is 18.4 Å². The highest BCUT2D eigenvalue weighted by molar-refractivity contribution is 5.67. The number of benzene rings is 2. The Morgan fingerprint density at radius 3 is 2.48 bits per heavy atom. The van der Waals surface area contributed by atoms with Crippen LogP contribution < -0.4 is 5.32 Å². The van der Waals surface area contributed by atoms with Gasteiger partial charge in [0.2, 0.25) is 11.7 Å². The molecular weight excluding hydrogens is 314 g/mol. The van der Waals surface area contributed by atoms with Gasteiger partial charge in [-0.2, -0.15) is 4.98 Å². The number of hydrogen-bond acceptors (Lipinski definition) is 5. The maximum absolute atomic E-state index is 5.55. The lowest BCUT2D eigenvalue weighted by atomic mass is 9.95. The van der Waals surface area contributed by atoms with E-state index in [4.69, 9.17) is 9.26 Å². The number of methoxy groups -OCH3 is 1. The van der Waals surface area contributed by atoms with E-state index in [1.165, 1.54) is 11.1 Å². The molecule has 1 aliphatic heterocycles. The molecule has 5 nitrogen and oxygen atoms in total. The zero-order valence-electron chi connectivity index (χ0n) is 14.2. The molecule has 1 aromatic heterocycles.